The molecule has 1 aliphatic heterocycles. The maximum Gasteiger partial charge on any atom is 0.336 e. The van der Waals surface area contributed by atoms with E-state index in [1.165, 1.54) is 19.2 Å². The van der Waals surface area contributed by atoms with Gasteiger partial charge in [0.05, 0.1) is 13.7 Å². The first-order valence-corrected chi connectivity index (χ1v) is 7.39. The molecule has 3 N–H and O–H groups in total. The molecular formula is C16H16O9. The lowest BCUT2D eigenvalue weighted by Crippen LogP contribution is -2.57. The molecule has 4 atom stereocenters. The van der Waals surface area contributed by atoms with Crippen molar-refractivity contribution < 1.29 is 38.7 Å². The summed E-state index contributed by atoms with van der Waals surface area (Å²) in [6, 6.07) is 5.71. The summed E-state index contributed by atoms with van der Waals surface area (Å²) >= 11 is 0. The van der Waals surface area contributed by atoms with Gasteiger partial charge >= 0.3 is 5.63 Å². The summed E-state index contributed by atoms with van der Waals surface area (Å²) < 4.78 is 21.0. The van der Waals surface area contributed by atoms with Crippen molar-refractivity contribution >= 4 is 16.8 Å². The van der Waals surface area contributed by atoms with Gasteiger partial charge in [-0.25, -0.2) is 4.79 Å². The normalized spacial score (nSPS) is 26.6. The molecule has 25 heavy (non-hydrogen) atoms. The Bertz CT molecular complexity index is 839. The number of Topliss-reactive ketones (excluding diaryl/α,β-unsaturated/α-hetero) is 1. The first-order valence-electron chi connectivity index (χ1n) is 7.39. The second-order valence-electron chi connectivity index (χ2n) is 5.43. The smallest absolute Gasteiger partial charge is 0.336 e. The second-order valence-corrected chi connectivity index (χ2v) is 5.43. The number of carbonyl (C=O) groups is 1. The maximum atomic E-state index is 11.7. The molecule has 9 heteroatoms. The molecule has 2 heterocycles. The van der Waals surface area contributed by atoms with Crippen LogP contribution in [0.1, 0.15) is 0 Å². The van der Waals surface area contributed by atoms with Crippen LogP contribution in [0.25, 0.3) is 11.0 Å². The van der Waals surface area contributed by atoms with Crippen molar-refractivity contribution in [2.24, 2.45) is 0 Å². The van der Waals surface area contributed by atoms with Crippen LogP contribution in [-0.2, 0) is 9.53 Å². The topological polar surface area (TPSA) is 136 Å². The zero-order valence-electron chi connectivity index (χ0n) is 13.1. The minimum atomic E-state index is -1.76. The van der Waals surface area contributed by atoms with Crippen LogP contribution in [0.15, 0.2) is 33.5 Å². The van der Waals surface area contributed by atoms with Crippen molar-refractivity contribution in [1.29, 1.82) is 0 Å². The van der Waals surface area contributed by atoms with E-state index in [-0.39, 0.29) is 17.1 Å². The Morgan fingerprint density at radius 2 is 1.92 bits per heavy atom. The van der Waals surface area contributed by atoms with Crippen LogP contribution in [0.5, 0.6) is 11.5 Å². The number of rotatable bonds is 4. The van der Waals surface area contributed by atoms with E-state index in [0.717, 1.165) is 0 Å². The lowest BCUT2D eigenvalue weighted by atomic mass is 10.0. The van der Waals surface area contributed by atoms with Crippen LogP contribution in [0.4, 0.5) is 0 Å². The highest BCUT2D eigenvalue weighted by Gasteiger charge is 2.44. The molecule has 0 spiro atoms. The van der Waals surface area contributed by atoms with Crippen LogP contribution in [0, 0.1) is 0 Å². The Kier molecular flexibility index (Phi) is 4.73. The Morgan fingerprint density at radius 3 is 2.60 bits per heavy atom. The molecule has 3 rings (SSSR count). The van der Waals surface area contributed by atoms with Gasteiger partial charge in [0.15, 0.2) is 17.3 Å². The second kappa shape index (κ2) is 6.81. The van der Waals surface area contributed by atoms with Crippen molar-refractivity contribution in [3.63, 3.8) is 0 Å². The highest BCUT2D eigenvalue weighted by Crippen LogP contribution is 2.34. The third kappa shape index (κ3) is 3.22. The number of hydrogen-bond acceptors (Lipinski definition) is 9. The van der Waals surface area contributed by atoms with E-state index in [2.05, 4.69) is 0 Å². The highest BCUT2D eigenvalue weighted by atomic mass is 16.7. The van der Waals surface area contributed by atoms with Gasteiger partial charge in [-0.05, 0) is 12.1 Å². The third-order valence-electron chi connectivity index (χ3n) is 3.82. The Balaban J connectivity index is 1.95. The average Bonchev–Trinajstić information content (AvgIpc) is 2.61. The van der Waals surface area contributed by atoms with Gasteiger partial charge in [0.25, 0.3) is 0 Å². The predicted octanol–water partition coefficient (Wildman–Crippen LogP) is -0.812. The lowest BCUT2D eigenvalue weighted by Gasteiger charge is -2.35. The number of aliphatic hydroxyl groups is 3. The van der Waals surface area contributed by atoms with E-state index >= 15 is 0 Å². The van der Waals surface area contributed by atoms with Crippen LogP contribution >= 0.6 is 0 Å². The molecule has 0 amide bonds. The predicted molar refractivity (Wildman–Crippen MR) is 82.4 cm³/mol. The SMILES string of the molecule is COc1cc2ccc(=O)oc2cc1OC1OC(CO)C(=O)C(O)C1O. The van der Waals surface area contributed by atoms with Crippen LogP contribution in [0.3, 0.4) is 0 Å². The number of aliphatic hydroxyl groups excluding tert-OH is 3. The maximum absolute atomic E-state index is 11.7. The van der Waals surface area contributed by atoms with Crippen molar-refractivity contribution in [1.82, 2.24) is 0 Å². The molecule has 1 saturated heterocycles. The molecule has 1 aromatic heterocycles. The molecule has 134 valence electrons. The number of ketones is 1. The zero-order valence-corrected chi connectivity index (χ0v) is 13.1. The van der Waals surface area contributed by atoms with E-state index in [0.29, 0.717) is 5.39 Å². The highest BCUT2D eigenvalue weighted by molar-refractivity contribution is 5.88. The van der Waals surface area contributed by atoms with E-state index in [1.54, 1.807) is 12.1 Å². The Morgan fingerprint density at radius 1 is 1.16 bits per heavy atom. The number of hydrogen-bond donors (Lipinski definition) is 3. The molecule has 0 aliphatic carbocycles. The van der Waals surface area contributed by atoms with Crippen LogP contribution in [0.2, 0.25) is 0 Å². The minimum Gasteiger partial charge on any atom is -0.493 e. The van der Waals surface area contributed by atoms with Gasteiger partial charge in [-0.2, -0.15) is 0 Å². The van der Waals surface area contributed by atoms with Crippen LogP contribution in [-0.4, -0.2) is 59.4 Å². The van der Waals surface area contributed by atoms with Gasteiger partial charge in [-0.1, -0.05) is 0 Å². The van der Waals surface area contributed by atoms with Crippen LogP contribution < -0.4 is 15.1 Å². The summed E-state index contributed by atoms with van der Waals surface area (Å²) in [6.07, 6.45) is -6.20. The standard InChI is InChI=1S/C16H16O9/c1-22-9-4-7-2-3-12(18)23-8(7)5-10(9)24-16-15(21)14(20)13(19)11(6-17)25-16/h2-5,11,14-17,20-21H,6H2,1H3. The molecule has 9 nitrogen and oxygen atoms in total. The van der Waals surface area contributed by atoms with Crippen molar-refractivity contribution in [2.45, 2.75) is 24.6 Å². The molecule has 2 aromatic rings. The first kappa shape index (κ1) is 17.4. The van der Waals surface area contributed by atoms with Gasteiger partial charge < -0.3 is 33.9 Å². The zero-order chi connectivity index (χ0) is 18.1. The molecular weight excluding hydrogens is 336 g/mol. The summed E-state index contributed by atoms with van der Waals surface area (Å²) in [7, 11) is 1.39. The van der Waals surface area contributed by atoms with Gasteiger partial charge in [0.2, 0.25) is 6.29 Å². The van der Waals surface area contributed by atoms with E-state index in [4.69, 9.17) is 23.7 Å². The third-order valence-corrected chi connectivity index (χ3v) is 3.82. The summed E-state index contributed by atoms with van der Waals surface area (Å²) in [5.41, 5.74) is -0.345. The molecule has 4 unspecified atom stereocenters. The summed E-state index contributed by atoms with van der Waals surface area (Å²) in [4.78, 5) is 23.0. The molecule has 0 radical (unpaired) electrons. The number of ether oxygens (including phenoxy) is 3. The fourth-order valence-corrected chi connectivity index (χ4v) is 2.50. The average molecular weight is 352 g/mol. The van der Waals surface area contributed by atoms with E-state index in [1.807, 2.05) is 0 Å². The lowest BCUT2D eigenvalue weighted by molar-refractivity contribution is -0.230. The fraction of sp³-hybridized carbons (Fsp3) is 0.375. The molecule has 0 bridgehead atoms. The summed E-state index contributed by atoms with van der Waals surface area (Å²) in [5.74, 6) is -0.526. The van der Waals surface area contributed by atoms with Crippen molar-refractivity contribution in [2.75, 3.05) is 13.7 Å². The van der Waals surface area contributed by atoms with Gasteiger partial charge in [0.1, 0.15) is 23.9 Å². The first-order chi connectivity index (χ1) is 11.9. The van der Waals surface area contributed by atoms with E-state index < -0.39 is 42.6 Å². The summed E-state index contributed by atoms with van der Waals surface area (Å²) in [5, 5.41) is 29.5. The molecule has 1 aliphatic rings. The monoisotopic (exact) mass is 352 g/mol. The van der Waals surface area contributed by atoms with Crippen molar-refractivity contribution in [3.05, 3.63) is 34.7 Å². The Hall–Kier alpha value is -2.46. The fourth-order valence-electron chi connectivity index (χ4n) is 2.50. The molecule has 1 fully saturated rings. The number of fused-ring (bicyclic) bond motifs is 1. The number of methoxy groups -OCH3 is 1. The molecule has 1 aromatic carbocycles. The van der Waals surface area contributed by atoms with Gasteiger partial charge in [-0.3, -0.25) is 4.79 Å². The van der Waals surface area contributed by atoms with E-state index in [9.17, 15) is 19.8 Å². The van der Waals surface area contributed by atoms with Crippen molar-refractivity contribution in [3.8, 4) is 11.5 Å². The van der Waals surface area contributed by atoms with Gasteiger partial charge in [0, 0.05) is 17.5 Å². The summed E-state index contributed by atoms with van der Waals surface area (Å²) in [6.45, 7) is -0.674. The number of carbonyl (C=O) groups excluding carboxylic acids is 1. The number of benzene rings is 1. The quantitative estimate of drug-likeness (QED) is 0.603. The Labute approximate surface area is 141 Å². The minimum absolute atomic E-state index is 0.0617. The molecule has 0 saturated carbocycles. The van der Waals surface area contributed by atoms with Gasteiger partial charge in [-0.15, -0.1) is 0 Å². The largest absolute Gasteiger partial charge is 0.493 e.